The summed E-state index contributed by atoms with van der Waals surface area (Å²) in [5.41, 5.74) is 5.62. The third-order valence-electron chi connectivity index (χ3n) is 6.84. The number of anilines is 1. The molecule has 0 saturated carbocycles. The van der Waals surface area contributed by atoms with Crippen molar-refractivity contribution in [3.8, 4) is 17.1 Å². The second-order valence-corrected chi connectivity index (χ2v) is 12.2. The lowest BCUT2D eigenvalue weighted by Gasteiger charge is -2.48. The van der Waals surface area contributed by atoms with Crippen LogP contribution in [0, 0.1) is 12.8 Å². The first-order chi connectivity index (χ1) is 16.5. The molecule has 0 bridgehead atoms. The van der Waals surface area contributed by atoms with Crippen LogP contribution in [0.4, 0.5) is 5.69 Å². The highest BCUT2D eigenvalue weighted by Gasteiger charge is 2.38. The highest BCUT2D eigenvalue weighted by atomic mass is 32.2. The quantitative estimate of drug-likeness (QED) is 0.405. The van der Waals surface area contributed by atoms with Crippen LogP contribution in [0.15, 0.2) is 36.8 Å². The van der Waals surface area contributed by atoms with Crippen molar-refractivity contribution in [3.63, 3.8) is 0 Å². The van der Waals surface area contributed by atoms with Crippen LogP contribution in [0.25, 0.3) is 28.0 Å². The standard InChI is InChI=1S/C25H31N7O2S/c1-15(2)22-7-20(31-13-19(17(31)4)14-35(6,33)34)8-25(29-22)32-24-9-23(18-10-26-30(5)12-18)28-16(3)21(24)11-27-32/h7-12,15,17,19H,13-14H2,1-6H3/t17-,19-/m1/s1. The molecule has 2 atom stereocenters. The molecule has 0 spiro atoms. The molecule has 9 nitrogen and oxygen atoms in total. The number of rotatable bonds is 6. The third-order valence-corrected chi connectivity index (χ3v) is 7.87. The van der Waals surface area contributed by atoms with Crippen molar-refractivity contribution in [1.82, 2.24) is 29.5 Å². The predicted molar refractivity (Wildman–Crippen MR) is 138 cm³/mol. The molecule has 1 fully saturated rings. The maximum Gasteiger partial charge on any atom is 0.156 e. The Morgan fingerprint density at radius 3 is 2.51 bits per heavy atom. The van der Waals surface area contributed by atoms with E-state index in [1.807, 2.05) is 49.4 Å². The molecular weight excluding hydrogens is 462 g/mol. The topological polar surface area (TPSA) is 98.8 Å². The Kier molecular flexibility index (Phi) is 5.66. The Balaban J connectivity index is 1.58. The van der Waals surface area contributed by atoms with E-state index in [4.69, 9.17) is 9.97 Å². The van der Waals surface area contributed by atoms with Gasteiger partial charge in [-0.1, -0.05) is 13.8 Å². The fourth-order valence-electron chi connectivity index (χ4n) is 4.76. The Morgan fingerprint density at radius 1 is 1.11 bits per heavy atom. The summed E-state index contributed by atoms with van der Waals surface area (Å²) in [6.45, 7) is 9.03. The molecule has 35 heavy (non-hydrogen) atoms. The molecular formula is C25H31N7O2S. The van der Waals surface area contributed by atoms with E-state index in [1.165, 1.54) is 6.26 Å². The molecule has 5 rings (SSSR count). The Morgan fingerprint density at radius 2 is 1.89 bits per heavy atom. The molecule has 184 valence electrons. The van der Waals surface area contributed by atoms with Crippen molar-refractivity contribution in [2.75, 3.05) is 23.5 Å². The average molecular weight is 494 g/mol. The average Bonchev–Trinajstić information content (AvgIpc) is 3.41. The van der Waals surface area contributed by atoms with Crippen LogP contribution in [0.1, 0.15) is 38.1 Å². The molecule has 0 amide bonds. The fourth-order valence-corrected chi connectivity index (χ4v) is 5.93. The zero-order valence-electron chi connectivity index (χ0n) is 21.0. The van der Waals surface area contributed by atoms with Crippen LogP contribution in [0.2, 0.25) is 0 Å². The first kappa shape index (κ1) is 23.5. The molecule has 4 aromatic rings. The van der Waals surface area contributed by atoms with Gasteiger partial charge in [0, 0.05) is 72.1 Å². The fraction of sp³-hybridized carbons (Fsp3) is 0.440. The van der Waals surface area contributed by atoms with Crippen molar-refractivity contribution in [2.24, 2.45) is 13.0 Å². The van der Waals surface area contributed by atoms with Gasteiger partial charge in [-0.2, -0.15) is 10.2 Å². The minimum Gasteiger partial charge on any atom is -0.368 e. The molecule has 5 heterocycles. The summed E-state index contributed by atoms with van der Waals surface area (Å²) in [6.07, 6.45) is 6.90. The Labute approximate surface area is 205 Å². The van der Waals surface area contributed by atoms with Gasteiger partial charge in [-0.25, -0.2) is 18.1 Å². The number of sulfone groups is 1. The monoisotopic (exact) mass is 493 g/mol. The number of hydrogen-bond acceptors (Lipinski definition) is 7. The van der Waals surface area contributed by atoms with E-state index in [0.717, 1.165) is 45.1 Å². The SMILES string of the molecule is Cc1nc(-c2cnn(C)c2)cc2c1cnn2-c1cc(N2C[C@H](CS(C)(=O)=O)[C@H]2C)cc(C(C)C)n1. The van der Waals surface area contributed by atoms with E-state index in [1.54, 1.807) is 4.68 Å². The Hall–Kier alpha value is -3.27. The van der Waals surface area contributed by atoms with Crippen LogP contribution in [-0.2, 0) is 16.9 Å². The molecule has 0 N–H and O–H groups in total. The number of aryl methyl sites for hydroxylation is 2. The van der Waals surface area contributed by atoms with Gasteiger partial charge in [-0.15, -0.1) is 0 Å². The Bertz CT molecular complexity index is 1520. The van der Waals surface area contributed by atoms with Gasteiger partial charge in [0.25, 0.3) is 0 Å². The van der Waals surface area contributed by atoms with Crippen molar-refractivity contribution in [1.29, 1.82) is 0 Å². The van der Waals surface area contributed by atoms with E-state index < -0.39 is 9.84 Å². The van der Waals surface area contributed by atoms with Crippen LogP contribution in [-0.4, -0.2) is 62.5 Å². The molecule has 0 aliphatic carbocycles. The maximum atomic E-state index is 11.8. The van der Waals surface area contributed by atoms with Crippen molar-refractivity contribution < 1.29 is 8.42 Å². The van der Waals surface area contributed by atoms with Gasteiger partial charge in [0.2, 0.25) is 0 Å². The van der Waals surface area contributed by atoms with Gasteiger partial charge in [0.15, 0.2) is 5.82 Å². The van der Waals surface area contributed by atoms with Crippen molar-refractivity contribution >= 4 is 26.4 Å². The molecule has 1 aliphatic rings. The minimum atomic E-state index is -3.01. The molecule has 1 aliphatic heterocycles. The number of hydrogen-bond donors (Lipinski definition) is 0. The van der Waals surface area contributed by atoms with Crippen LogP contribution in [0.3, 0.4) is 0 Å². The second-order valence-electron chi connectivity index (χ2n) is 9.99. The van der Waals surface area contributed by atoms with Gasteiger partial charge >= 0.3 is 0 Å². The van der Waals surface area contributed by atoms with Crippen molar-refractivity contribution in [3.05, 3.63) is 48.2 Å². The van der Waals surface area contributed by atoms with E-state index in [9.17, 15) is 8.42 Å². The van der Waals surface area contributed by atoms with Crippen LogP contribution in [0.5, 0.6) is 0 Å². The summed E-state index contributed by atoms with van der Waals surface area (Å²) in [5.74, 6) is 1.31. The molecule has 0 radical (unpaired) electrons. The molecule has 4 aromatic heterocycles. The van der Waals surface area contributed by atoms with Gasteiger partial charge in [0.05, 0.1) is 29.4 Å². The highest BCUT2D eigenvalue weighted by Crippen LogP contribution is 2.35. The summed E-state index contributed by atoms with van der Waals surface area (Å²) < 4.78 is 27.3. The number of aromatic nitrogens is 6. The first-order valence-corrected chi connectivity index (χ1v) is 13.9. The highest BCUT2D eigenvalue weighted by molar-refractivity contribution is 7.90. The zero-order valence-corrected chi connectivity index (χ0v) is 21.8. The normalized spacial score (nSPS) is 18.4. The lowest BCUT2D eigenvalue weighted by molar-refractivity contribution is 0.341. The number of nitrogens with zero attached hydrogens (tertiary/aromatic N) is 7. The molecule has 0 unspecified atom stereocenters. The zero-order chi connectivity index (χ0) is 25.1. The molecule has 1 saturated heterocycles. The van der Waals surface area contributed by atoms with E-state index in [2.05, 4.69) is 41.9 Å². The van der Waals surface area contributed by atoms with Gasteiger partial charge < -0.3 is 4.90 Å². The molecule has 10 heteroatoms. The lowest BCUT2D eigenvalue weighted by atomic mass is 9.90. The minimum absolute atomic E-state index is 0.130. The van der Waals surface area contributed by atoms with Crippen molar-refractivity contribution in [2.45, 2.75) is 39.7 Å². The third kappa shape index (κ3) is 4.42. The predicted octanol–water partition coefficient (Wildman–Crippen LogP) is 3.52. The lowest BCUT2D eigenvalue weighted by Crippen LogP contribution is -2.57. The second kappa shape index (κ2) is 8.44. The van der Waals surface area contributed by atoms with Gasteiger partial charge in [-0.05, 0) is 31.9 Å². The largest absolute Gasteiger partial charge is 0.368 e. The van der Waals surface area contributed by atoms with Crippen LogP contribution >= 0.6 is 0 Å². The summed E-state index contributed by atoms with van der Waals surface area (Å²) in [5, 5.41) is 9.95. The van der Waals surface area contributed by atoms with Gasteiger partial charge in [0.1, 0.15) is 9.84 Å². The maximum absolute atomic E-state index is 11.8. The number of fused-ring (bicyclic) bond motifs is 1. The molecule has 0 aromatic carbocycles. The summed E-state index contributed by atoms with van der Waals surface area (Å²) in [4.78, 5) is 12.0. The van der Waals surface area contributed by atoms with Gasteiger partial charge in [-0.3, -0.25) is 9.67 Å². The smallest absolute Gasteiger partial charge is 0.156 e. The number of pyridine rings is 2. The van der Waals surface area contributed by atoms with E-state index in [0.29, 0.717) is 6.54 Å². The summed E-state index contributed by atoms with van der Waals surface area (Å²) in [7, 11) is -1.12. The summed E-state index contributed by atoms with van der Waals surface area (Å²) in [6, 6.07) is 6.33. The van der Waals surface area contributed by atoms with E-state index in [-0.39, 0.29) is 23.6 Å². The first-order valence-electron chi connectivity index (χ1n) is 11.8. The summed E-state index contributed by atoms with van der Waals surface area (Å²) >= 11 is 0. The van der Waals surface area contributed by atoms with Crippen LogP contribution < -0.4 is 4.90 Å². The van der Waals surface area contributed by atoms with E-state index >= 15 is 0 Å².